The van der Waals surface area contributed by atoms with Crippen molar-refractivity contribution in [1.29, 1.82) is 5.26 Å². The van der Waals surface area contributed by atoms with Gasteiger partial charge in [0.05, 0.1) is 11.1 Å². The molecule has 0 spiro atoms. The van der Waals surface area contributed by atoms with Gasteiger partial charge in [-0.15, -0.1) is 0 Å². The molecule has 0 bridgehead atoms. The van der Waals surface area contributed by atoms with E-state index in [4.69, 9.17) is 16.3 Å². The Labute approximate surface area is 131 Å². The van der Waals surface area contributed by atoms with Crippen LogP contribution in [0.5, 0.6) is 5.75 Å². The number of ether oxygens (including phenoxy) is 1. The van der Waals surface area contributed by atoms with Gasteiger partial charge >= 0.3 is 0 Å². The molecule has 21 heavy (non-hydrogen) atoms. The van der Waals surface area contributed by atoms with Crippen molar-refractivity contribution in [3.05, 3.63) is 29.0 Å². The fraction of sp³-hybridized carbons (Fsp3) is 0.429. The predicted molar refractivity (Wildman–Crippen MR) is 79.9 cm³/mol. The third-order valence-corrected chi connectivity index (χ3v) is 4.65. The summed E-state index contributed by atoms with van der Waals surface area (Å²) in [6, 6.07) is 5.85. The second-order valence-electron chi connectivity index (χ2n) is 4.82. The van der Waals surface area contributed by atoms with Crippen LogP contribution in [0, 0.1) is 17.1 Å². The largest absolute Gasteiger partial charge is 0.479 e. The lowest BCUT2D eigenvalue weighted by Crippen LogP contribution is -2.51. The van der Waals surface area contributed by atoms with E-state index in [-0.39, 0.29) is 16.7 Å². The van der Waals surface area contributed by atoms with Crippen LogP contribution in [-0.4, -0.2) is 29.1 Å². The Morgan fingerprint density at radius 1 is 1.67 bits per heavy atom. The number of nitrogens with zero attached hydrogens (tertiary/aromatic N) is 1. The highest BCUT2D eigenvalue weighted by atomic mass is 35.5. The van der Waals surface area contributed by atoms with Crippen molar-refractivity contribution in [2.45, 2.75) is 25.0 Å². The molecule has 112 valence electrons. The number of halogens is 2. The number of carbonyl (C=O) groups excluding carboxylic acids is 1. The van der Waals surface area contributed by atoms with Gasteiger partial charge in [0.15, 0.2) is 6.10 Å². The molecule has 1 fully saturated rings. The number of carbonyl (C=O) groups is 1. The average Bonchev–Trinajstić information content (AvgIpc) is 2.91. The number of hydrogen-bond acceptors (Lipinski definition) is 4. The van der Waals surface area contributed by atoms with E-state index in [1.165, 1.54) is 12.1 Å². The van der Waals surface area contributed by atoms with Gasteiger partial charge in [0.2, 0.25) is 0 Å². The summed E-state index contributed by atoms with van der Waals surface area (Å²) in [4.78, 5) is 12.1. The summed E-state index contributed by atoms with van der Waals surface area (Å²) in [6.45, 7) is 1.56. The molecule has 7 heteroatoms. The van der Waals surface area contributed by atoms with Crippen LogP contribution in [0.2, 0.25) is 5.02 Å². The minimum atomic E-state index is -0.830. The predicted octanol–water partition coefficient (Wildman–Crippen LogP) is 2.76. The third kappa shape index (κ3) is 3.80. The lowest BCUT2D eigenvalue weighted by molar-refractivity contribution is -0.128. The van der Waals surface area contributed by atoms with E-state index in [0.717, 1.165) is 11.8 Å². The normalized spacial score (nSPS) is 22.4. The smallest absolute Gasteiger partial charge is 0.262 e. The first-order valence-corrected chi connectivity index (χ1v) is 7.92. The molecule has 0 saturated carbocycles. The molecular weight excluding hydrogens is 315 g/mol. The van der Waals surface area contributed by atoms with Gasteiger partial charge in [0, 0.05) is 5.75 Å². The number of nitrogens with one attached hydrogen (secondary N) is 1. The van der Waals surface area contributed by atoms with Crippen LogP contribution < -0.4 is 10.1 Å². The molecule has 1 amide bonds. The zero-order valence-corrected chi connectivity index (χ0v) is 12.9. The number of amides is 1. The van der Waals surface area contributed by atoms with Gasteiger partial charge in [-0.3, -0.25) is 4.79 Å². The van der Waals surface area contributed by atoms with E-state index in [9.17, 15) is 14.4 Å². The molecule has 0 aliphatic carbocycles. The first kappa shape index (κ1) is 15.9. The highest BCUT2D eigenvalue weighted by molar-refractivity contribution is 7.99. The summed E-state index contributed by atoms with van der Waals surface area (Å²) in [5.74, 6) is 0.773. The Morgan fingerprint density at radius 3 is 3.00 bits per heavy atom. The van der Waals surface area contributed by atoms with Crippen molar-refractivity contribution in [2.24, 2.45) is 0 Å². The van der Waals surface area contributed by atoms with E-state index < -0.39 is 17.5 Å². The second-order valence-corrected chi connectivity index (χ2v) is 6.33. The number of thioether (sulfide) groups is 1. The summed E-state index contributed by atoms with van der Waals surface area (Å²) in [7, 11) is 0. The Balaban J connectivity index is 2.01. The Kier molecular flexibility index (Phi) is 4.96. The molecule has 1 aliphatic heterocycles. The maximum Gasteiger partial charge on any atom is 0.262 e. The molecule has 1 aliphatic rings. The van der Waals surface area contributed by atoms with E-state index >= 15 is 0 Å². The Hall–Kier alpha value is -1.45. The number of hydrogen-bond donors (Lipinski definition) is 1. The van der Waals surface area contributed by atoms with Gasteiger partial charge in [-0.1, -0.05) is 11.6 Å². The van der Waals surface area contributed by atoms with Gasteiger partial charge in [-0.2, -0.15) is 17.0 Å². The minimum Gasteiger partial charge on any atom is -0.479 e. The van der Waals surface area contributed by atoms with Gasteiger partial charge in [0.25, 0.3) is 5.91 Å². The van der Waals surface area contributed by atoms with Crippen molar-refractivity contribution in [3.8, 4) is 11.8 Å². The number of nitriles is 1. The van der Waals surface area contributed by atoms with Crippen molar-refractivity contribution < 1.29 is 13.9 Å². The zero-order chi connectivity index (χ0) is 15.5. The Morgan fingerprint density at radius 2 is 2.43 bits per heavy atom. The molecule has 4 nitrogen and oxygen atoms in total. The molecule has 0 radical (unpaired) electrons. The van der Waals surface area contributed by atoms with Crippen LogP contribution in [0.4, 0.5) is 4.39 Å². The second kappa shape index (κ2) is 6.54. The first-order chi connectivity index (χ1) is 9.96. The maximum atomic E-state index is 13.0. The van der Waals surface area contributed by atoms with Crippen LogP contribution in [0.25, 0.3) is 0 Å². The molecule has 1 aromatic rings. The minimum absolute atomic E-state index is 0.0982. The third-order valence-electron chi connectivity index (χ3n) is 3.17. The van der Waals surface area contributed by atoms with Crippen molar-refractivity contribution in [1.82, 2.24) is 5.32 Å². The molecule has 1 heterocycles. The quantitative estimate of drug-likeness (QED) is 0.923. The van der Waals surface area contributed by atoms with Crippen molar-refractivity contribution in [3.63, 3.8) is 0 Å². The molecule has 0 aromatic heterocycles. The summed E-state index contributed by atoms with van der Waals surface area (Å²) < 4.78 is 18.4. The monoisotopic (exact) mass is 328 g/mol. The average molecular weight is 329 g/mol. The van der Waals surface area contributed by atoms with E-state index in [2.05, 4.69) is 11.4 Å². The van der Waals surface area contributed by atoms with E-state index in [0.29, 0.717) is 12.2 Å². The van der Waals surface area contributed by atoms with Crippen molar-refractivity contribution >= 4 is 29.3 Å². The molecule has 2 rings (SSSR count). The topological polar surface area (TPSA) is 62.1 Å². The Bertz CT molecular complexity index is 585. The molecule has 1 saturated heterocycles. The van der Waals surface area contributed by atoms with E-state index in [1.807, 2.05) is 0 Å². The number of benzene rings is 1. The van der Waals surface area contributed by atoms with Crippen LogP contribution >= 0.6 is 23.4 Å². The summed E-state index contributed by atoms with van der Waals surface area (Å²) in [5.41, 5.74) is -0.827. The molecule has 1 aromatic carbocycles. The standard InChI is InChI=1S/C14H14ClFN2O2S/c1-9(20-12-3-2-10(16)6-11(12)15)13(19)18-14(7-17)4-5-21-8-14/h2-3,6,9H,4-5,8H2,1H3,(H,18,19)/t9-,14-/m1/s1. The van der Waals surface area contributed by atoms with Crippen LogP contribution in [0.15, 0.2) is 18.2 Å². The summed E-state index contributed by atoms with van der Waals surface area (Å²) in [5, 5.41) is 12.1. The zero-order valence-electron chi connectivity index (χ0n) is 11.4. The lowest BCUT2D eigenvalue weighted by Gasteiger charge is -2.24. The van der Waals surface area contributed by atoms with Gasteiger partial charge in [-0.05, 0) is 37.3 Å². The fourth-order valence-corrected chi connectivity index (χ4v) is 3.41. The molecular formula is C14H14ClFN2O2S. The SMILES string of the molecule is C[C@@H](Oc1ccc(F)cc1Cl)C(=O)N[C@@]1(C#N)CCSC1. The van der Waals surface area contributed by atoms with Gasteiger partial charge in [0.1, 0.15) is 17.1 Å². The van der Waals surface area contributed by atoms with Crippen LogP contribution in [0.3, 0.4) is 0 Å². The van der Waals surface area contributed by atoms with Gasteiger partial charge < -0.3 is 10.1 Å². The van der Waals surface area contributed by atoms with Crippen LogP contribution in [-0.2, 0) is 4.79 Å². The van der Waals surface area contributed by atoms with Crippen LogP contribution in [0.1, 0.15) is 13.3 Å². The molecule has 2 atom stereocenters. The number of rotatable bonds is 4. The first-order valence-electron chi connectivity index (χ1n) is 6.38. The maximum absolute atomic E-state index is 13.0. The molecule has 1 N–H and O–H groups in total. The lowest BCUT2D eigenvalue weighted by atomic mass is 10.0. The summed E-state index contributed by atoms with van der Waals surface area (Å²) in [6.07, 6.45) is -0.215. The highest BCUT2D eigenvalue weighted by Crippen LogP contribution is 2.28. The fourth-order valence-electron chi connectivity index (χ4n) is 1.93. The summed E-state index contributed by atoms with van der Waals surface area (Å²) >= 11 is 7.48. The van der Waals surface area contributed by atoms with E-state index in [1.54, 1.807) is 18.7 Å². The van der Waals surface area contributed by atoms with Crippen molar-refractivity contribution in [2.75, 3.05) is 11.5 Å². The highest BCUT2D eigenvalue weighted by Gasteiger charge is 2.37. The van der Waals surface area contributed by atoms with Gasteiger partial charge in [-0.25, -0.2) is 4.39 Å². The molecule has 0 unspecified atom stereocenters.